The number of aliphatic hydroxyl groups is 3. The van der Waals surface area contributed by atoms with Crippen LogP contribution >= 0.6 is 0 Å². The number of nitrogens with one attached hydrogen (secondary N) is 1. The summed E-state index contributed by atoms with van der Waals surface area (Å²) < 4.78 is 38.9. The van der Waals surface area contributed by atoms with E-state index in [0.29, 0.717) is 28.0 Å². The molecule has 2 saturated heterocycles. The Morgan fingerprint density at radius 1 is 1.12 bits per heavy atom. The molecule has 0 unspecified atom stereocenters. The number of hydrogen-bond donors (Lipinski definition) is 5. The van der Waals surface area contributed by atoms with Gasteiger partial charge in [0.05, 0.1) is 30.1 Å². The summed E-state index contributed by atoms with van der Waals surface area (Å²) in [5, 5.41) is 54.6. The van der Waals surface area contributed by atoms with Gasteiger partial charge in [0.1, 0.15) is 35.9 Å². The Labute approximate surface area is 279 Å². The number of carboxylic acid groups (broad SMARTS) is 1. The first kappa shape index (κ1) is 35.3. The van der Waals surface area contributed by atoms with Crippen LogP contribution in [0.1, 0.15) is 13.3 Å². The Kier molecular flexibility index (Phi) is 10.3. The van der Waals surface area contributed by atoms with Crippen molar-refractivity contribution in [2.45, 2.75) is 49.6 Å². The summed E-state index contributed by atoms with van der Waals surface area (Å²) in [6, 6.07) is 11.9. The van der Waals surface area contributed by atoms with E-state index >= 15 is 0 Å². The van der Waals surface area contributed by atoms with Gasteiger partial charge < -0.3 is 35.2 Å². The van der Waals surface area contributed by atoms with Crippen molar-refractivity contribution in [2.75, 3.05) is 25.9 Å². The molecular formula is C30H34N8O10S. The molecule has 1 amide bonds. The predicted molar refractivity (Wildman–Crippen MR) is 169 cm³/mol. The lowest BCUT2D eigenvalue weighted by Crippen LogP contribution is -2.64. The van der Waals surface area contributed by atoms with E-state index in [1.165, 1.54) is 22.2 Å². The number of fused-ring (bicyclic) bond motifs is 1. The molecule has 19 heteroatoms. The van der Waals surface area contributed by atoms with Gasteiger partial charge in [-0.05, 0) is 25.1 Å². The first-order valence-electron chi connectivity index (χ1n) is 14.9. The van der Waals surface area contributed by atoms with Crippen LogP contribution in [0.5, 0.6) is 5.75 Å². The standard InChI is InChI=1S/C18H20N8O3S.C12H14O7/c1-3-30(28,29)24-10-18(11-24,5-6-19)26-9-13(8-23-26)15-14-4-7-25(17(27)20-2)16(14)22-12-21-15;13-7-8(14)10(11(16)17)19-12(9(7)15)18-6-4-2-1-3-5-6/h4,7-9,12H,3,5,10-11H2,1-2H3,(H,20,27);1-5,7-10,12-15H,(H,16,17)/t;7-,8-,9+,10-,12+/m.0/s1. The molecule has 49 heavy (non-hydrogen) atoms. The molecule has 0 radical (unpaired) electrons. The van der Waals surface area contributed by atoms with Gasteiger partial charge >= 0.3 is 12.0 Å². The van der Waals surface area contributed by atoms with Crippen LogP contribution in [0.2, 0.25) is 0 Å². The third kappa shape index (κ3) is 6.96. The van der Waals surface area contributed by atoms with Crippen molar-refractivity contribution in [1.82, 2.24) is 33.9 Å². The maximum atomic E-state index is 12.1. The van der Waals surface area contributed by atoms with Crippen LogP contribution in [-0.4, -0.2) is 126 Å². The Morgan fingerprint density at radius 3 is 2.47 bits per heavy atom. The molecule has 5 N–H and O–H groups in total. The van der Waals surface area contributed by atoms with Crippen molar-refractivity contribution in [3.63, 3.8) is 0 Å². The quantitative estimate of drug-likeness (QED) is 0.159. The maximum Gasteiger partial charge on any atom is 0.335 e. The van der Waals surface area contributed by atoms with Crippen molar-refractivity contribution in [1.29, 1.82) is 5.26 Å². The minimum atomic E-state index is -3.32. The number of aromatic nitrogens is 5. The molecule has 3 aromatic heterocycles. The van der Waals surface area contributed by atoms with Crippen LogP contribution in [0.3, 0.4) is 0 Å². The molecule has 6 rings (SSSR count). The number of hydrogen-bond acceptors (Lipinski definition) is 13. The smallest absolute Gasteiger partial charge is 0.335 e. The summed E-state index contributed by atoms with van der Waals surface area (Å²) in [6.07, 6.45) is -1.47. The maximum absolute atomic E-state index is 12.1. The summed E-state index contributed by atoms with van der Waals surface area (Å²) in [7, 11) is -1.78. The van der Waals surface area contributed by atoms with Crippen molar-refractivity contribution in [3.05, 3.63) is 61.3 Å². The second-order valence-electron chi connectivity index (χ2n) is 11.3. The van der Waals surface area contributed by atoms with Gasteiger partial charge in [-0.3, -0.25) is 9.25 Å². The number of benzene rings is 1. The summed E-state index contributed by atoms with van der Waals surface area (Å²) in [5.41, 5.74) is 1.03. The highest BCUT2D eigenvalue weighted by Gasteiger charge is 2.50. The number of para-hydroxylation sites is 1. The zero-order valence-corrected chi connectivity index (χ0v) is 27.1. The van der Waals surface area contributed by atoms with E-state index in [2.05, 4.69) is 26.5 Å². The number of ether oxygens (including phenoxy) is 2. The van der Waals surface area contributed by atoms with Gasteiger partial charge in [0.25, 0.3) is 0 Å². The summed E-state index contributed by atoms with van der Waals surface area (Å²) in [5.74, 6) is -1.08. The van der Waals surface area contributed by atoms with Gasteiger partial charge in [0, 0.05) is 43.5 Å². The van der Waals surface area contributed by atoms with Gasteiger partial charge in [-0.25, -0.2) is 28.0 Å². The molecule has 2 aliphatic rings. The highest BCUT2D eigenvalue weighted by Crippen LogP contribution is 2.36. The predicted octanol–water partition coefficient (Wildman–Crippen LogP) is -0.286. The van der Waals surface area contributed by atoms with E-state index in [9.17, 15) is 38.6 Å². The summed E-state index contributed by atoms with van der Waals surface area (Å²) in [6.45, 7) is 1.99. The third-order valence-electron chi connectivity index (χ3n) is 8.17. The minimum absolute atomic E-state index is 0.0151. The SMILES string of the molecule is CCS(=O)(=O)N1CC(CC#N)(n2cc(-c3ncnc4c3ccn4C(=O)NC)cn2)C1.O=C(O)[C@H]1O[C@@H](Oc2ccccc2)[C@H](O)[C@@H](O)[C@@H]1O. The Hall–Kier alpha value is -4.97. The van der Waals surface area contributed by atoms with Gasteiger partial charge in [-0.1, -0.05) is 18.2 Å². The van der Waals surface area contributed by atoms with Gasteiger partial charge in [-0.15, -0.1) is 0 Å². The number of nitriles is 1. The number of carbonyl (C=O) groups excluding carboxylic acids is 1. The fraction of sp³-hybridized carbons (Fsp3) is 0.400. The number of nitrogens with zero attached hydrogens (tertiary/aromatic N) is 7. The van der Waals surface area contributed by atoms with E-state index < -0.39 is 52.2 Å². The molecule has 4 aromatic rings. The molecule has 2 fully saturated rings. The average molecular weight is 699 g/mol. The third-order valence-corrected chi connectivity index (χ3v) is 9.95. The molecule has 18 nitrogen and oxygen atoms in total. The zero-order chi connectivity index (χ0) is 35.5. The van der Waals surface area contributed by atoms with E-state index in [4.69, 9.17) is 14.6 Å². The lowest BCUT2D eigenvalue weighted by molar-refractivity contribution is -0.271. The van der Waals surface area contributed by atoms with Crippen LogP contribution in [0.25, 0.3) is 22.3 Å². The molecule has 5 heterocycles. The lowest BCUT2D eigenvalue weighted by Gasteiger charge is -2.47. The molecule has 1 aromatic carbocycles. The van der Waals surface area contributed by atoms with Crippen molar-refractivity contribution >= 4 is 33.1 Å². The average Bonchev–Trinajstić information content (AvgIpc) is 3.75. The van der Waals surface area contributed by atoms with E-state index in [1.54, 1.807) is 66.6 Å². The summed E-state index contributed by atoms with van der Waals surface area (Å²) >= 11 is 0. The van der Waals surface area contributed by atoms with E-state index in [-0.39, 0.29) is 31.3 Å². The number of sulfonamides is 1. The molecule has 5 atom stereocenters. The zero-order valence-electron chi connectivity index (χ0n) is 26.3. The molecule has 260 valence electrons. The second kappa shape index (κ2) is 14.3. The van der Waals surface area contributed by atoms with Crippen molar-refractivity contribution < 1.29 is 47.9 Å². The monoisotopic (exact) mass is 698 g/mol. The normalized spacial score (nSPS) is 23.4. The van der Waals surface area contributed by atoms with Gasteiger partial charge in [-0.2, -0.15) is 14.7 Å². The number of aliphatic carboxylic acids is 1. The minimum Gasteiger partial charge on any atom is -0.479 e. The molecule has 0 saturated carbocycles. The number of rotatable bonds is 8. The summed E-state index contributed by atoms with van der Waals surface area (Å²) in [4.78, 5) is 31.4. The van der Waals surface area contributed by atoms with Crippen molar-refractivity contribution in [2.24, 2.45) is 0 Å². The number of carbonyl (C=O) groups is 2. The fourth-order valence-corrected chi connectivity index (χ4v) is 6.67. The fourth-order valence-electron chi connectivity index (χ4n) is 5.43. The lowest BCUT2D eigenvalue weighted by atomic mass is 9.89. The Balaban J connectivity index is 0.000000212. The van der Waals surface area contributed by atoms with Gasteiger partial charge in [0.2, 0.25) is 16.3 Å². The molecular weight excluding hydrogens is 664 g/mol. The van der Waals surface area contributed by atoms with Gasteiger partial charge in [0.15, 0.2) is 11.8 Å². The molecule has 0 aliphatic carbocycles. The van der Waals surface area contributed by atoms with Crippen LogP contribution < -0.4 is 10.1 Å². The van der Waals surface area contributed by atoms with Crippen LogP contribution in [-0.2, 0) is 25.1 Å². The first-order valence-corrected chi connectivity index (χ1v) is 16.5. The molecule has 2 aliphatic heterocycles. The Bertz CT molecular complexity index is 1960. The van der Waals surface area contributed by atoms with Crippen LogP contribution in [0.4, 0.5) is 4.79 Å². The van der Waals surface area contributed by atoms with Crippen LogP contribution in [0.15, 0.2) is 61.3 Å². The van der Waals surface area contributed by atoms with Crippen LogP contribution in [0, 0.1) is 11.3 Å². The number of carboxylic acids is 1. The number of aliphatic hydroxyl groups excluding tert-OH is 3. The Morgan fingerprint density at radius 2 is 1.84 bits per heavy atom. The second-order valence-corrected chi connectivity index (χ2v) is 13.5. The number of amides is 1. The van der Waals surface area contributed by atoms with E-state index in [1.807, 2.05) is 0 Å². The topological polar surface area (TPSA) is 255 Å². The molecule has 0 spiro atoms. The highest BCUT2D eigenvalue weighted by molar-refractivity contribution is 7.89. The largest absolute Gasteiger partial charge is 0.479 e. The highest BCUT2D eigenvalue weighted by atomic mass is 32.2. The van der Waals surface area contributed by atoms with E-state index in [0.717, 1.165) is 0 Å². The first-order chi connectivity index (χ1) is 23.4. The van der Waals surface area contributed by atoms with Crippen molar-refractivity contribution in [3.8, 4) is 23.1 Å². The molecule has 0 bridgehead atoms.